The molecule has 3 unspecified atom stereocenters. The van der Waals surface area contributed by atoms with E-state index in [1.54, 1.807) is 6.26 Å². The molecule has 0 bridgehead atoms. The van der Waals surface area contributed by atoms with Crippen molar-refractivity contribution in [3.63, 3.8) is 0 Å². The number of ether oxygens (including phenoxy) is 1. The van der Waals surface area contributed by atoms with Gasteiger partial charge in [0.25, 0.3) is 10.2 Å². The van der Waals surface area contributed by atoms with Gasteiger partial charge < -0.3 is 9.15 Å². The van der Waals surface area contributed by atoms with Crippen LogP contribution >= 0.6 is 0 Å². The molecule has 7 nitrogen and oxygen atoms in total. The first-order chi connectivity index (χ1) is 12.0. The lowest BCUT2D eigenvalue weighted by molar-refractivity contribution is -0.0444. The van der Waals surface area contributed by atoms with Gasteiger partial charge in [-0.1, -0.05) is 6.42 Å². The first-order valence-electron chi connectivity index (χ1n) is 9.13. The fraction of sp³-hybridized carbons (Fsp3) is 0.765. The zero-order valence-corrected chi connectivity index (χ0v) is 15.9. The Kier molecular flexibility index (Phi) is 6.17. The lowest BCUT2D eigenvalue weighted by Gasteiger charge is -2.36. The predicted molar refractivity (Wildman–Crippen MR) is 95.4 cm³/mol. The average molecular weight is 372 g/mol. The highest BCUT2D eigenvalue weighted by Crippen LogP contribution is 2.25. The Labute approximate surface area is 150 Å². The van der Waals surface area contributed by atoms with Crippen molar-refractivity contribution in [2.45, 2.75) is 51.4 Å². The summed E-state index contributed by atoms with van der Waals surface area (Å²) < 4.78 is 41.0. The molecule has 3 atom stereocenters. The van der Waals surface area contributed by atoms with Crippen molar-refractivity contribution >= 4 is 10.2 Å². The molecule has 0 aromatic carbocycles. The third-order valence-corrected chi connectivity index (χ3v) is 6.40. The third-order valence-electron chi connectivity index (χ3n) is 4.89. The number of hydrogen-bond acceptors (Lipinski definition) is 5. The summed E-state index contributed by atoms with van der Waals surface area (Å²) in [5, 5.41) is 0. The SMILES string of the molecule is CC1CN(S(=O)(=O)NCC(c2ccco2)N2CCCCC2)CC(C)O1. The number of nitrogens with zero attached hydrogens (tertiary/aromatic N) is 2. The predicted octanol–water partition coefficient (Wildman–Crippen LogP) is 1.75. The van der Waals surface area contributed by atoms with Crippen LogP contribution in [0.15, 0.2) is 22.8 Å². The molecule has 3 heterocycles. The molecular formula is C17H29N3O4S. The maximum absolute atomic E-state index is 12.7. The summed E-state index contributed by atoms with van der Waals surface area (Å²) in [5.74, 6) is 0.813. The third kappa shape index (κ3) is 4.83. The van der Waals surface area contributed by atoms with Crippen LogP contribution in [0.25, 0.3) is 0 Å². The molecule has 2 fully saturated rings. The van der Waals surface area contributed by atoms with E-state index >= 15 is 0 Å². The van der Waals surface area contributed by atoms with Crippen molar-refractivity contribution in [2.24, 2.45) is 0 Å². The molecule has 2 saturated heterocycles. The Hall–Kier alpha value is -0.930. The monoisotopic (exact) mass is 371 g/mol. The molecule has 3 rings (SSSR count). The normalized spacial score (nSPS) is 28.1. The van der Waals surface area contributed by atoms with Gasteiger partial charge in [-0.15, -0.1) is 0 Å². The second-order valence-electron chi connectivity index (χ2n) is 7.06. The van der Waals surface area contributed by atoms with Crippen LogP contribution in [-0.2, 0) is 14.9 Å². The number of likely N-dealkylation sites (tertiary alicyclic amines) is 1. The van der Waals surface area contributed by atoms with Crippen molar-refractivity contribution in [1.29, 1.82) is 0 Å². The minimum atomic E-state index is -3.54. The van der Waals surface area contributed by atoms with E-state index in [0.717, 1.165) is 31.7 Å². The van der Waals surface area contributed by atoms with Crippen LogP contribution in [0.1, 0.15) is 44.9 Å². The molecule has 8 heteroatoms. The van der Waals surface area contributed by atoms with E-state index in [4.69, 9.17) is 9.15 Å². The molecular weight excluding hydrogens is 342 g/mol. The molecule has 0 spiro atoms. The Bertz CT molecular complexity index is 618. The van der Waals surface area contributed by atoms with E-state index in [9.17, 15) is 8.42 Å². The first-order valence-corrected chi connectivity index (χ1v) is 10.6. The lowest BCUT2D eigenvalue weighted by atomic mass is 10.1. The van der Waals surface area contributed by atoms with Gasteiger partial charge in [-0.3, -0.25) is 4.90 Å². The van der Waals surface area contributed by atoms with E-state index < -0.39 is 10.2 Å². The number of morpholine rings is 1. The number of furan rings is 1. The van der Waals surface area contributed by atoms with Gasteiger partial charge >= 0.3 is 0 Å². The molecule has 1 N–H and O–H groups in total. The summed E-state index contributed by atoms with van der Waals surface area (Å²) in [6.45, 7) is 6.83. The van der Waals surface area contributed by atoms with Crippen LogP contribution in [0.3, 0.4) is 0 Å². The van der Waals surface area contributed by atoms with Gasteiger partial charge in [0, 0.05) is 19.6 Å². The number of piperidine rings is 1. The minimum absolute atomic E-state index is 0.0686. The zero-order valence-electron chi connectivity index (χ0n) is 15.1. The van der Waals surface area contributed by atoms with Crippen molar-refractivity contribution in [3.8, 4) is 0 Å². The molecule has 1 aromatic heterocycles. The van der Waals surface area contributed by atoms with Crippen molar-refractivity contribution in [1.82, 2.24) is 13.9 Å². The van der Waals surface area contributed by atoms with Crippen molar-refractivity contribution in [2.75, 3.05) is 32.7 Å². The van der Waals surface area contributed by atoms with E-state index in [1.165, 1.54) is 10.7 Å². The number of hydrogen-bond donors (Lipinski definition) is 1. The molecule has 2 aliphatic heterocycles. The van der Waals surface area contributed by atoms with Crippen LogP contribution < -0.4 is 4.72 Å². The first kappa shape index (κ1) is 18.8. The van der Waals surface area contributed by atoms with Gasteiger partial charge in [-0.2, -0.15) is 12.7 Å². The van der Waals surface area contributed by atoms with Crippen LogP contribution in [0.2, 0.25) is 0 Å². The summed E-state index contributed by atoms with van der Waals surface area (Å²) in [6.07, 6.45) is 4.97. The van der Waals surface area contributed by atoms with Crippen molar-refractivity contribution in [3.05, 3.63) is 24.2 Å². The molecule has 0 amide bonds. The summed E-state index contributed by atoms with van der Waals surface area (Å²) >= 11 is 0. The lowest BCUT2D eigenvalue weighted by Crippen LogP contribution is -2.53. The highest BCUT2D eigenvalue weighted by Gasteiger charge is 2.32. The van der Waals surface area contributed by atoms with Gasteiger partial charge in [0.2, 0.25) is 0 Å². The second kappa shape index (κ2) is 8.18. The van der Waals surface area contributed by atoms with E-state index in [-0.39, 0.29) is 18.2 Å². The summed E-state index contributed by atoms with van der Waals surface area (Å²) in [4.78, 5) is 2.31. The molecule has 0 aliphatic carbocycles. The fourth-order valence-electron chi connectivity index (χ4n) is 3.72. The highest BCUT2D eigenvalue weighted by molar-refractivity contribution is 7.87. The standard InChI is InChI=1S/C17H29N3O4S/c1-14-12-20(13-15(2)24-14)25(21,22)18-11-16(17-7-6-10-23-17)19-8-4-3-5-9-19/h6-7,10,14-16,18H,3-5,8-9,11-13H2,1-2H3. The highest BCUT2D eigenvalue weighted by atomic mass is 32.2. The van der Waals surface area contributed by atoms with Gasteiger partial charge in [0.15, 0.2) is 0 Å². The molecule has 25 heavy (non-hydrogen) atoms. The van der Waals surface area contributed by atoms with Crippen LogP contribution in [0, 0.1) is 0 Å². The van der Waals surface area contributed by atoms with Gasteiger partial charge in [0.05, 0.1) is 24.5 Å². The maximum Gasteiger partial charge on any atom is 0.279 e. The van der Waals surface area contributed by atoms with Crippen LogP contribution in [-0.4, -0.2) is 62.6 Å². The molecule has 142 valence electrons. The quantitative estimate of drug-likeness (QED) is 0.825. The van der Waals surface area contributed by atoms with Gasteiger partial charge in [0.1, 0.15) is 5.76 Å². The fourth-order valence-corrected chi connectivity index (χ4v) is 5.09. The molecule has 0 radical (unpaired) electrons. The Morgan fingerprint density at radius 3 is 2.48 bits per heavy atom. The largest absolute Gasteiger partial charge is 0.468 e. The summed E-state index contributed by atoms with van der Waals surface area (Å²) in [5.41, 5.74) is 0. The summed E-state index contributed by atoms with van der Waals surface area (Å²) in [7, 11) is -3.54. The Morgan fingerprint density at radius 1 is 1.20 bits per heavy atom. The average Bonchev–Trinajstić information content (AvgIpc) is 3.09. The number of rotatable bonds is 6. The van der Waals surface area contributed by atoms with E-state index in [1.807, 2.05) is 26.0 Å². The molecule has 0 saturated carbocycles. The Morgan fingerprint density at radius 2 is 1.88 bits per heavy atom. The Balaban J connectivity index is 1.67. The smallest absolute Gasteiger partial charge is 0.279 e. The van der Waals surface area contributed by atoms with Crippen LogP contribution in [0.5, 0.6) is 0 Å². The maximum atomic E-state index is 12.7. The minimum Gasteiger partial charge on any atom is -0.468 e. The van der Waals surface area contributed by atoms with Gasteiger partial charge in [-0.05, 0) is 51.9 Å². The van der Waals surface area contributed by atoms with Gasteiger partial charge in [-0.25, -0.2) is 4.72 Å². The molecule has 2 aliphatic rings. The van der Waals surface area contributed by atoms with Crippen LogP contribution in [0.4, 0.5) is 0 Å². The zero-order chi connectivity index (χ0) is 17.9. The van der Waals surface area contributed by atoms with E-state index in [0.29, 0.717) is 19.6 Å². The van der Waals surface area contributed by atoms with E-state index in [2.05, 4.69) is 9.62 Å². The van der Waals surface area contributed by atoms with Crippen molar-refractivity contribution < 1.29 is 17.6 Å². The topological polar surface area (TPSA) is 75.0 Å². The number of nitrogens with one attached hydrogen (secondary N) is 1. The summed E-state index contributed by atoms with van der Waals surface area (Å²) in [6, 6.07) is 3.71. The second-order valence-corrected chi connectivity index (χ2v) is 8.81. The molecule has 1 aromatic rings.